The van der Waals surface area contributed by atoms with Crippen molar-refractivity contribution in [3.05, 3.63) is 16.3 Å². The second-order valence-electron chi connectivity index (χ2n) is 4.21. The highest BCUT2D eigenvalue weighted by Gasteiger charge is 2.27. The summed E-state index contributed by atoms with van der Waals surface area (Å²) in [5, 5.41) is 0.778. The Bertz CT molecular complexity index is 606. The molecule has 0 aliphatic rings. The number of hydrogen-bond donors (Lipinski definition) is 2. The van der Waals surface area contributed by atoms with Gasteiger partial charge in [0.05, 0.1) is 11.8 Å². The van der Waals surface area contributed by atoms with E-state index in [1.54, 1.807) is 0 Å². The van der Waals surface area contributed by atoms with Crippen LogP contribution in [0.5, 0.6) is 0 Å². The quantitative estimate of drug-likeness (QED) is 0.673. The van der Waals surface area contributed by atoms with Crippen LogP contribution in [0.2, 0.25) is 0 Å². The zero-order chi connectivity index (χ0) is 14.2. The molecule has 0 saturated carbocycles. The highest BCUT2D eigenvalue weighted by Crippen LogP contribution is 2.33. The second kappa shape index (κ2) is 4.93. The molecule has 0 saturated heterocycles. The standard InChI is InChI=1S/C11H13F3N4S/c1-5-6(2)19-10-8(5)9(18-15)16-7(17-10)3-4-11(12,13)14/h3-4,15H2,1-2H3,(H,16,17,18). The van der Waals surface area contributed by atoms with Gasteiger partial charge in [0, 0.05) is 11.3 Å². The fourth-order valence-electron chi connectivity index (χ4n) is 1.76. The molecule has 0 aromatic carbocycles. The molecule has 0 amide bonds. The molecule has 4 nitrogen and oxygen atoms in total. The van der Waals surface area contributed by atoms with Crippen LogP contribution in [0.3, 0.4) is 0 Å². The minimum absolute atomic E-state index is 0.152. The summed E-state index contributed by atoms with van der Waals surface area (Å²) in [5.74, 6) is 5.92. The van der Waals surface area contributed by atoms with Crippen molar-refractivity contribution in [3.63, 3.8) is 0 Å². The molecule has 8 heteroatoms. The van der Waals surface area contributed by atoms with E-state index in [-0.39, 0.29) is 12.2 Å². The predicted octanol–water partition coefficient (Wildman–Crippen LogP) is 3.09. The number of nitrogens with two attached hydrogens (primary N) is 1. The van der Waals surface area contributed by atoms with Crippen LogP contribution in [0, 0.1) is 13.8 Å². The Morgan fingerprint density at radius 2 is 1.95 bits per heavy atom. The molecule has 2 aromatic rings. The average molecular weight is 290 g/mol. The summed E-state index contributed by atoms with van der Waals surface area (Å²) >= 11 is 1.43. The van der Waals surface area contributed by atoms with Crippen molar-refractivity contribution in [3.8, 4) is 0 Å². The summed E-state index contributed by atoms with van der Waals surface area (Å²) in [6.07, 6.45) is -5.40. The fourth-order valence-corrected chi connectivity index (χ4v) is 2.81. The first kappa shape index (κ1) is 14.0. The highest BCUT2D eigenvalue weighted by molar-refractivity contribution is 7.18. The zero-order valence-corrected chi connectivity index (χ0v) is 11.2. The first-order chi connectivity index (χ1) is 8.81. The summed E-state index contributed by atoms with van der Waals surface area (Å²) in [5.41, 5.74) is 3.43. The van der Waals surface area contributed by atoms with Crippen LogP contribution in [0.1, 0.15) is 22.7 Å². The number of halogens is 3. The van der Waals surface area contributed by atoms with Crippen molar-refractivity contribution in [1.29, 1.82) is 0 Å². The lowest BCUT2D eigenvalue weighted by molar-refractivity contribution is -0.134. The normalized spacial score (nSPS) is 12.1. The van der Waals surface area contributed by atoms with Crippen LogP contribution in [0.4, 0.5) is 19.0 Å². The molecule has 104 valence electrons. The number of nitrogens with zero attached hydrogens (tertiary/aromatic N) is 2. The van der Waals surface area contributed by atoms with Gasteiger partial charge in [0.2, 0.25) is 0 Å². The Balaban J connectivity index is 2.42. The van der Waals surface area contributed by atoms with Gasteiger partial charge < -0.3 is 5.43 Å². The van der Waals surface area contributed by atoms with Gasteiger partial charge in [-0.2, -0.15) is 13.2 Å². The van der Waals surface area contributed by atoms with Gasteiger partial charge in [-0.3, -0.25) is 0 Å². The van der Waals surface area contributed by atoms with Gasteiger partial charge in [-0.15, -0.1) is 11.3 Å². The van der Waals surface area contributed by atoms with Crippen molar-refractivity contribution in [2.24, 2.45) is 5.84 Å². The van der Waals surface area contributed by atoms with Gasteiger partial charge >= 0.3 is 6.18 Å². The summed E-state index contributed by atoms with van der Waals surface area (Å²) in [6, 6.07) is 0. The van der Waals surface area contributed by atoms with Gasteiger partial charge in [0.1, 0.15) is 10.7 Å². The second-order valence-corrected chi connectivity index (χ2v) is 5.41. The van der Waals surface area contributed by atoms with E-state index in [2.05, 4.69) is 15.4 Å². The van der Waals surface area contributed by atoms with Crippen molar-refractivity contribution < 1.29 is 13.2 Å². The molecule has 0 bridgehead atoms. The molecule has 0 radical (unpaired) electrons. The number of anilines is 1. The molecule has 0 atom stereocenters. The van der Waals surface area contributed by atoms with Crippen molar-refractivity contribution in [2.45, 2.75) is 32.9 Å². The molecular formula is C11H13F3N4S. The smallest absolute Gasteiger partial charge is 0.308 e. The number of nitrogen functional groups attached to an aromatic ring is 1. The maximum absolute atomic E-state index is 12.2. The number of aromatic nitrogens is 2. The zero-order valence-electron chi connectivity index (χ0n) is 10.4. The molecule has 0 aliphatic heterocycles. The third-order valence-electron chi connectivity index (χ3n) is 2.84. The van der Waals surface area contributed by atoms with Crippen LogP contribution in [0.15, 0.2) is 0 Å². The third-order valence-corrected chi connectivity index (χ3v) is 3.94. The number of aryl methyl sites for hydroxylation is 3. The van der Waals surface area contributed by atoms with E-state index in [0.717, 1.165) is 15.8 Å². The average Bonchev–Trinajstić information content (AvgIpc) is 2.61. The van der Waals surface area contributed by atoms with E-state index in [9.17, 15) is 13.2 Å². The maximum atomic E-state index is 12.2. The van der Waals surface area contributed by atoms with Crippen LogP contribution in [0.25, 0.3) is 10.2 Å². The van der Waals surface area contributed by atoms with Crippen LogP contribution in [-0.4, -0.2) is 16.1 Å². The molecule has 2 aromatic heterocycles. The minimum Gasteiger partial charge on any atom is -0.308 e. The van der Waals surface area contributed by atoms with Crippen molar-refractivity contribution in [2.75, 3.05) is 5.43 Å². The Morgan fingerprint density at radius 1 is 1.26 bits per heavy atom. The number of rotatable bonds is 3. The molecule has 3 N–H and O–H groups in total. The number of hydrogen-bond acceptors (Lipinski definition) is 5. The van der Waals surface area contributed by atoms with Gasteiger partial charge in [-0.1, -0.05) is 0 Å². The van der Waals surface area contributed by atoms with Gasteiger partial charge in [-0.05, 0) is 19.4 Å². The van der Waals surface area contributed by atoms with E-state index in [1.807, 2.05) is 13.8 Å². The largest absolute Gasteiger partial charge is 0.389 e. The first-order valence-electron chi connectivity index (χ1n) is 5.62. The van der Waals surface area contributed by atoms with Gasteiger partial charge in [0.25, 0.3) is 0 Å². The number of thiophene rings is 1. The Morgan fingerprint density at radius 3 is 2.53 bits per heavy atom. The van der Waals surface area contributed by atoms with Crippen LogP contribution >= 0.6 is 11.3 Å². The van der Waals surface area contributed by atoms with Crippen LogP contribution < -0.4 is 11.3 Å². The van der Waals surface area contributed by atoms with Crippen molar-refractivity contribution in [1.82, 2.24) is 9.97 Å². The number of fused-ring (bicyclic) bond motifs is 1. The minimum atomic E-state index is -4.21. The van der Waals surface area contributed by atoms with E-state index >= 15 is 0 Å². The fraction of sp³-hybridized carbons (Fsp3) is 0.455. The van der Waals surface area contributed by atoms with E-state index < -0.39 is 12.6 Å². The first-order valence-corrected chi connectivity index (χ1v) is 6.43. The molecule has 0 aliphatic carbocycles. The Labute approximate surface area is 111 Å². The summed E-state index contributed by atoms with van der Waals surface area (Å²) in [6.45, 7) is 3.84. The topological polar surface area (TPSA) is 63.8 Å². The Kier molecular flexibility index (Phi) is 3.64. The van der Waals surface area contributed by atoms with Crippen LogP contribution in [-0.2, 0) is 6.42 Å². The maximum Gasteiger partial charge on any atom is 0.389 e. The summed E-state index contributed by atoms with van der Waals surface area (Å²) in [7, 11) is 0. The lowest BCUT2D eigenvalue weighted by Gasteiger charge is -2.07. The molecule has 0 unspecified atom stereocenters. The van der Waals surface area contributed by atoms with Gasteiger partial charge in [-0.25, -0.2) is 15.8 Å². The lowest BCUT2D eigenvalue weighted by Crippen LogP contribution is -2.13. The molecular weight excluding hydrogens is 277 g/mol. The molecule has 0 spiro atoms. The number of alkyl halides is 3. The van der Waals surface area contributed by atoms with Crippen molar-refractivity contribution >= 4 is 27.4 Å². The number of hydrazine groups is 1. The predicted molar refractivity (Wildman–Crippen MR) is 69.1 cm³/mol. The third kappa shape index (κ3) is 2.95. The summed E-state index contributed by atoms with van der Waals surface area (Å²) < 4.78 is 36.6. The van der Waals surface area contributed by atoms with E-state index in [1.165, 1.54) is 11.3 Å². The highest BCUT2D eigenvalue weighted by atomic mass is 32.1. The summed E-state index contributed by atoms with van der Waals surface area (Å²) in [4.78, 5) is 9.95. The number of nitrogens with one attached hydrogen (secondary N) is 1. The van der Waals surface area contributed by atoms with E-state index in [0.29, 0.717) is 10.6 Å². The SMILES string of the molecule is Cc1sc2nc(CCC(F)(F)F)nc(NN)c2c1C. The monoisotopic (exact) mass is 290 g/mol. The van der Waals surface area contributed by atoms with E-state index in [4.69, 9.17) is 5.84 Å². The molecule has 2 heterocycles. The molecule has 19 heavy (non-hydrogen) atoms. The lowest BCUT2D eigenvalue weighted by atomic mass is 10.2. The Hall–Kier alpha value is -1.41. The van der Waals surface area contributed by atoms with Gasteiger partial charge in [0.15, 0.2) is 5.82 Å². The molecule has 0 fully saturated rings. The molecule has 2 rings (SSSR count).